The van der Waals surface area contributed by atoms with Crippen molar-refractivity contribution in [1.29, 1.82) is 0 Å². The second kappa shape index (κ2) is 6.70. The molecule has 0 aliphatic rings. The summed E-state index contributed by atoms with van der Waals surface area (Å²) in [7, 11) is 1.30. The van der Waals surface area contributed by atoms with Gasteiger partial charge in [-0.1, -0.05) is 0 Å². The maximum absolute atomic E-state index is 13.4. The third-order valence-electron chi connectivity index (χ3n) is 2.38. The minimum atomic E-state index is -0.606. The number of halogens is 1. The van der Waals surface area contributed by atoms with E-state index in [1.807, 2.05) is 0 Å². The Morgan fingerprint density at radius 2 is 2.17 bits per heavy atom. The van der Waals surface area contributed by atoms with E-state index in [-0.39, 0.29) is 24.5 Å². The van der Waals surface area contributed by atoms with E-state index < -0.39 is 11.7 Å². The lowest BCUT2D eigenvalue weighted by Gasteiger charge is -2.06. The molecule has 1 amide bonds. The monoisotopic (exact) mass is 254 g/mol. The first-order valence-corrected chi connectivity index (χ1v) is 5.40. The standard InChI is InChI=1S/C12H15FN2O3/c1-18-11(16)4-5-15-7-9-6-8(12(14)17)2-3-10(9)13/h2-3,6,15H,4-5,7H2,1H3,(H2,14,17). The van der Waals surface area contributed by atoms with Crippen LogP contribution in [0.2, 0.25) is 0 Å². The Labute approximate surface area is 104 Å². The topological polar surface area (TPSA) is 81.4 Å². The summed E-state index contributed by atoms with van der Waals surface area (Å²) in [6.07, 6.45) is 0.202. The van der Waals surface area contributed by atoms with Crippen molar-refractivity contribution in [3.8, 4) is 0 Å². The van der Waals surface area contributed by atoms with Crippen LogP contribution in [-0.2, 0) is 16.1 Å². The van der Waals surface area contributed by atoms with Gasteiger partial charge >= 0.3 is 5.97 Å². The van der Waals surface area contributed by atoms with E-state index in [1.54, 1.807) is 0 Å². The summed E-state index contributed by atoms with van der Waals surface area (Å²) in [5.74, 6) is -1.37. The van der Waals surface area contributed by atoms with Crippen LogP contribution >= 0.6 is 0 Å². The van der Waals surface area contributed by atoms with Crippen LogP contribution in [0.25, 0.3) is 0 Å². The first kappa shape index (κ1) is 14.1. The van der Waals surface area contributed by atoms with Crippen LogP contribution in [0.3, 0.4) is 0 Å². The van der Waals surface area contributed by atoms with Crippen LogP contribution in [0.5, 0.6) is 0 Å². The number of esters is 1. The number of rotatable bonds is 6. The van der Waals surface area contributed by atoms with Crippen molar-refractivity contribution >= 4 is 11.9 Å². The van der Waals surface area contributed by atoms with Crippen LogP contribution in [0.4, 0.5) is 4.39 Å². The second-order valence-corrected chi connectivity index (χ2v) is 3.67. The molecule has 0 heterocycles. The zero-order valence-electron chi connectivity index (χ0n) is 10.0. The van der Waals surface area contributed by atoms with E-state index in [0.29, 0.717) is 12.1 Å². The number of nitrogens with two attached hydrogens (primary N) is 1. The number of benzene rings is 1. The Bertz CT molecular complexity index is 449. The molecule has 18 heavy (non-hydrogen) atoms. The van der Waals surface area contributed by atoms with Crippen molar-refractivity contribution < 1.29 is 18.7 Å². The molecule has 0 saturated heterocycles. The van der Waals surface area contributed by atoms with Gasteiger partial charge in [0, 0.05) is 24.2 Å². The number of methoxy groups -OCH3 is 1. The van der Waals surface area contributed by atoms with Crippen molar-refractivity contribution in [3.63, 3.8) is 0 Å². The Kier molecular flexibility index (Phi) is 5.26. The molecule has 1 rings (SSSR count). The summed E-state index contributed by atoms with van der Waals surface area (Å²) in [6, 6.07) is 3.91. The van der Waals surface area contributed by atoms with Crippen molar-refractivity contribution in [2.24, 2.45) is 5.73 Å². The normalized spacial score (nSPS) is 10.1. The number of hydrogen-bond donors (Lipinski definition) is 2. The molecule has 0 radical (unpaired) electrons. The number of carbonyl (C=O) groups excluding carboxylic acids is 2. The van der Waals surface area contributed by atoms with Crippen LogP contribution in [-0.4, -0.2) is 25.5 Å². The van der Waals surface area contributed by atoms with Crippen LogP contribution in [0.15, 0.2) is 18.2 Å². The molecule has 3 N–H and O–H groups in total. The van der Waals surface area contributed by atoms with Gasteiger partial charge < -0.3 is 15.8 Å². The van der Waals surface area contributed by atoms with E-state index in [1.165, 1.54) is 25.3 Å². The van der Waals surface area contributed by atoms with Gasteiger partial charge in [-0.2, -0.15) is 0 Å². The quantitative estimate of drug-likeness (QED) is 0.574. The molecule has 98 valence electrons. The minimum absolute atomic E-state index is 0.202. The molecule has 0 fully saturated rings. The van der Waals surface area contributed by atoms with Gasteiger partial charge in [-0.15, -0.1) is 0 Å². The Hall–Kier alpha value is -1.95. The number of hydrogen-bond acceptors (Lipinski definition) is 4. The van der Waals surface area contributed by atoms with Crippen molar-refractivity contribution in [2.75, 3.05) is 13.7 Å². The SMILES string of the molecule is COC(=O)CCNCc1cc(C(N)=O)ccc1F. The number of carbonyl (C=O) groups is 2. The van der Waals surface area contributed by atoms with Gasteiger partial charge in [-0.3, -0.25) is 9.59 Å². The molecule has 0 atom stereocenters. The van der Waals surface area contributed by atoms with E-state index in [0.717, 1.165) is 0 Å². The van der Waals surface area contributed by atoms with Crippen molar-refractivity contribution in [2.45, 2.75) is 13.0 Å². The highest BCUT2D eigenvalue weighted by atomic mass is 19.1. The predicted octanol–water partition coefficient (Wildman–Crippen LogP) is 0.577. The molecule has 6 heteroatoms. The summed E-state index contributed by atoms with van der Waals surface area (Å²) in [5, 5.41) is 2.88. The van der Waals surface area contributed by atoms with E-state index >= 15 is 0 Å². The first-order chi connectivity index (χ1) is 8.54. The number of ether oxygens (including phenoxy) is 1. The zero-order valence-corrected chi connectivity index (χ0v) is 10.0. The largest absolute Gasteiger partial charge is 0.469 e. The van der Waals surface area contributed by atoms with Gasteiger partial charge in [0.25, 0.3) is 0 Å². The lowest BCUT2D eigenvalue weighted by molar-refractivity contribution is -0.140. The van der Waals surface area contributed by atoms with E-state index in [9.17, 15) is 14.0 Å². The molecule has 0 unspecified atom stereocenters. The van der Waals surface area contributed by atoms with E-state index in [4.69, 9.17) is 5.73 Å². The molecule has 0 spiro atoms. The highest BCUT2D eigenvalue weighted by molar-refractivity contribution is 5.92. The number of primary amides is 1. The Morgan fingerprint density at radius 3 is 2.78 bits per heavy atom. The molecule has 1 aromatic carbocycles. The molecule has 0 aliphatic heterocycles. The first-order valence-electron chi connectivity index (χ1n) is 5.40. The van der Waals surface area contributed by atoms with Gasteiger partial charge in [-0.25, -0.2) is 4.39 Å². The molecule has 0 aromatic heterocycles. The smallest absolute Gasteiger partial charge is 0.306 e. The molecular formula is C12H15FN2O3. The van der Waals surface area contributed by atoms with Gasteiger partial charge in [0.2, 0.25) is 5.91 Å². The molecule has 0 aliphatic carbocycles. The number of amides is 1. The summed E-state index contributed by atoms with van der Waals surface area (Å²) in [4.78, 5) is 21.8. The summed E-state index contributed by atoms with van der Waals surface area (Å²) in [6.45, 7) is 0.580. The summed E-state index contributed by atoms with van der Waals surface area (Å²) >= 11 is 0. The highest BCUT2D eigenvalue weighted by Gasteiger charge is 2.07. The maximum atomic E-state index is 13.4. The van der Waals surface area contributed by atoms with Crippen LogP contribution in [0, 0.1) is 5.82 Å². The molecular weight excluding hydrogens is 239 g/mol. The molecule has 5 nitrogen and oxygen atoms in total. The zero-order chi connectivity index (χ0) is 13.5. The molecule has 0 bridgehead atoms. The van der Waals surface area contributed by atoms with Crippen molar-refractivity contribution in [3.05, 3.63) is 35.1 Å². The van der Waals surface area contributed by atoms with Gasteiger partial charge in [0.15, 0.2) is 0 Å². The van der Waals surface area contributed by atoms with Gasteiger partial charge in [-0.05, 0) is 18.2 Å². The average Bonchev–Trinajstić information content (AvgIpc) is 2.35. The third-order valence-corrected chi connectivity index (χ3v) is 2.38. The van der Waals surface area contributed by atoms with Crippen LogP contribution < -0.4 is 11.1 Å². The third kappa shape index (κ3) is 4.14. The molecule has 0 saturated carbocycles. The van der Waals surface area contributed by atoms with Gasteiger partial charge in [0.05, 0.1) is 13.5 Å². The Balaban J connectivity index is 2.53. The van der Waals surface area contributed by atoms with Gasteiger partial charge in [0.1, 0.15) is 5.82 Å². The van der Waals surface area contributed by atoms with Crippen LogP contribution in [0.1, 0.15) is 22.3 Å². The lowest BCUT2D eigenvalue weighted by Crippen LogP contribution is -2.20. The number of nitrogens with one attached hydrogen (secondary N) is 1. The minimum Gasteiger partial charge on any atom is -0.469 e. The highest BCUT2D eigenvalue weighted by Crippen LogP contribution is 2.10. The predicted molar refractivity (Wildman–Crippen MR) is 63.3 cm³/mol. The summed E-state index contributed by atoms with van der Waals surface area (Å²) in [5.41, 5.74) is 5.68. The molecule has 1 aromatic rings. The lowest BCUT2D eigenvalue weighted by atomic mass is 10.1. The average molecular weight is 254 g/mol. The van der Waals surface area contributed by atoms with E-state index in [2.05, 4.69) is 10.1 Å². The summed E-state index contributed by atoms with van der Waals surface area (Å²) < 4.78 is 17.9. The fourth-order valence-electron chi connectivity index (χ4n) is 1.38. The van der Waals surface area contributed by atoms with Crippen molar-refractivity contribution in [1.82, 2.24) is 5.32 Å². The Morgan fingerprint density at radius 1 is 1.44 bits per heavy atom. The fraction of sp³-hybridized carbons (Fsp3) is 0.333. The maximum Gasteiger partial charge on any atom is 0.306 e. The second-order valence-electron chi connectivity index (χ2n) is 3.67. The fourth-order valence-corrected chi connectivity index (χ4v) is 1.38.